The molecule has 4 aromatic rings. The van der Waals surface area contributed by atoms with Crippen LogP contribution in [-0.4, -0.2) is 35.1 Å². The molecule has 1 saturated heterocycles. The summed E-state index contributed by atoms with van der Waals surface area (Å²) in [5, 5.41) is 3.99. The predicted molar refractivity (Wildman–Crippen MR) is 123 cm³/mol. The van der Waals surface area contributed by atoms with Crippen molar-refractivity contribution in [2.45, 2.75) is 20.4 Å². The zero-order valence-corrected chi connectivity index (χ0v) is 18.3. The van der Waals surface area contributed by atoms with E-state index < -0.39 is 0 Å². The fourth-order valence-electron chi connectivity index (χ4n) is 4.55. The highest BCUT2D eigenvalue weighted by atomic mass is 19.1. The molecule has 0 aliphatic carbocycles. The molecule has 1 fully saturated rings. The number of nitrogens with one attached hydrogen (secondary N) is 1. The van der Waals surface area contributed by atoms with E-state index in [9.17, 15) is 9.18 Å². The highest BCUT2D eigenvalue weighted by Crippen LogP contribution is 2.37. The van der Waals surface area contributed by atoms with Gasteiger partial charge in [-0.05, 0) is 43.7 Å². The van der Waals surface area contributed by atoms with Crippen molar-refractivity contribution in [1.29, 1.82) is 0 Å². The van der Waals surface area contributed by atoms with Crippen LogP contribution in [0.2, 0.25) is 0 Å². The van der Waals surface area contributed by atoms with E-state index in [1.165, 1.54) is 17.7 Å². The number of amides is 2. The van der Waals surface area contributed by atoms with Crippen LogP contribution in [-0.2, 0) is 6.54 Å². The molecule has 0 atom stereocenters. The normalized spacial score (nSPS) is 13.7. The molecule has 162 valence electrons. The van der Waals surface area contributed by atoms with Crippen LogP contribution < -0.4 is 9.88 Å². The van der Waals surface area contributed by atoms with E-state index in [2.05, 4.69) is 71.0 Å². The maximum absolute atomic E-state index is 13.5. The molecular formula is C26H26FN4O+. The summed E-state index contributed by atoms with van der Waals surface area (Å²) in [5.41, 5.74) is 6.63. The lowest BCUT2D eigenvalue weighted by Crippen LogP contribution is -2.41. The summed E-state index contributed by atoms with van der Waals surface area (Å²) in [6, 6.07) is 17.4. The Hall–Kier alpha value is -3.67. The quantitative estimate of drug-likeness (QED) is 0.471. The van der Waals surface area contributed by atoms with E-state index >= 15 is 0 Å². The van der Waals surface area contributed by atoms with Gasteiger partial charge < -0.3 is 14.8 Å². The Morgan fingerprint density at radius 3 is 2.47 bits per heavy atom. The van der Waals surface area contributed by atoms with Crippen LogP contribution in [0.15, 0.2) is 67.0 Å². The molecule has 0 spiro atoms. The van der Waals surface area contributed by atoms with Gasteiger partial charge in [0, 0.05) is 41.9 Å². The van der Waals surface area contributed by atoms with Crippen LogP contribution in [0, 0.1) is 19.7 Å². The lowest BCUT2D eigenvalue weighted by molar-refractivity contribution is -0.696. The van der Waals surface area contributed by atoms with E-state index in [0.717, 1.165) is 53.0 Å². The molecule has 2 aromatic carbocycles. The van der Waals surface area contributed by atoms with Crippen LogP contribution in [0.25, 0.3) is 27.7 Å². The van der Waals surface area contributed by atoms with Gasteiger partial charge in [-0.15, -0.1) is 0 Å². The summed E-state index contributed by atoms with van der Waals surface area (Å²) in [6.45, 7) is 7.12. The minimum Gasteiger partial charge on any atom is -0.336 e. The van der Waals surface area contributed by atoms with Crippen LogP contribution in [0.3, 0.4) is 0 Å². The molecule has 2 aromatic heterocycles. The summed E-state index contributed by atoms with van der Waals surface area (Å²) in [6.07, 6.45) is 4.11. The van der Waals surface area contributed by atoms with Gasteiger partial charge in [-0.3, -0.25) is 0 Å². The number of pyridine rings is 1. The second-order valence-corrected chi connectivity index (χ2v) is 8.34. The Morgan fingerprint density at radius 2 is 1.78 bits per heavy atom. The molecular weight excluding hydrogens is 403 g/mol. The molecule has 1 N–H and O–H groups in total. The number of urea groups is 1. The first kappa shape index (κ1) is 20.2. The van der Waals surface area contributed by atoms with Crippen molar-refractivity contribution in [3.8, 4) is 16.8 Å². The third-order valence-electron chi connectivity index (χ3n) is 6.20. The molecule has 5 rings (SSSR count). The number of fused-ring (bicyclic) bond motifs is 1. The smallest absolute Gasteiger partial charge is 0.317 e. The molecule has 6 heteroatoms. The highest BCUT2D eigenvalue weighted by molar-refractivity contribution is 5.99. The first-order valence-electron chi connectivity index (χ1n) is 10.9. The Bertz CT molecular complexity index is 1290. The lowest BCUT2D eigenvalue weighted by atomic mass is 10.0. The number of carbonyl (C=O) groups excluding carboxylic acids is 1. The SMILES string of the molecule is Cc1ccc2c(c1)c(-c1ccc(F)cc1)c(C)n2-c1cc[n+](CCN2CCNC2=O)cc1. The fourth-order valence-corrected chi connectivity index (χ4v) is 4.55. The number of aryl methyl sites for hydroxylation is 1. The monoisotopic (exact) mass is 429 g/mol. The zero-order chi connectivity index (χ0) is 22.2. The van der Waals surface area contributed by atoms with E-state index in [4.69, 9.17) is 0 Å². The second-order valence-electron chi connectivity index (χ2n) is 8.34. The molecule has 32 heavy (non-hydrogen) atoms. The van der Waals surface area contributed by atoms with Gasteiger partial charge in [0.05, 0.1) is 17.7 Å². The Labute approximate surface area is 186 Å². The number of rotatable bonds is 5. The van der Waals surface area contributed by atoms with Crippen molar-refractivity contribution in [2.24, 2.45) is 0 Å². The van der Waals surface area contributed by atoms with Crippen molar-refractivity contribution in [1.82, 2.24) is 14.8 Å². The summed E-state index contributed by atoms with van der Waals surface area (Å²) >= 11 is 0. The average Bonchev–Trinajstić information content (AvgIpc) is 3.33. The number of nitrogens with zero attached hydrogens (tertiary/aromatic N) is 3. The van der Waals surface area contributed by atoms with Crippen molar-refractivity contribution in [3.05, 3.63) is 84.1 Å². The van der Waals surface area contributed by atoms with Gasteiger partial charge in [0.25, 0.3) is 0 Å². The van der Waals surface area contributed by atoms with Crippen LogP contribution in [0.5, 0.6) is 0 Å². The molecule has 0 radical (unpaired) electrons. The number of benzene rings is 2. The van der Waals surface area contributed by atoms with Crippen molar-refractivity contribution < 1.29 is 13.8 Å². The number of hydrogen-bond acceptors (Lipinski definition) is 1. The number of hydrogen-bond donors (Lipinski definition) is 1. The summed E-state index contributed by atoms with van der Waals surface area (Å²) in [7, 11) is 0. The topological polar surface area (TPSA) is 41.1 Å². The zero-order valence-electron chi connectivity index (χ0n) is 18.3. The van der Waals surface area contributed by atoms with Gasteiger partial charge in [-0.1, -0.05) is 23.8 Å². The molecule has 3 heterocycles. The molecule has 1 aliphatic heterocycles. The molecule has 0 saturated carbocycles. The molecule has 5 nitrogen and oxygen atoms in total. The van der Waals surface area contributed by atoms with E-state index in [1.54, 1.807) is 0 Å². The van der Waals surface area contributed by atoms with Crippen molar-refractivity contribution >= 4 is 16.9 Å². The van der Waals surface area contributed by atoms with Gasteiger partial charge in [0.2, 0.25) is 0 Å². The largest absolute Gasteiger partial charge is 0.336 e. The van der Waals surface area contributed by atoms with E-state index in [-0.39, 0.29) is 11.8 Å². The minimum atomic E-state index is -0.231. The van der Waals surface area contributed by atoms with Crippen LogP contribution >= 0.6 is 0 Å². The molecule has 0 unspecified atom stereocenters. The first-order chi connectivity index (χ1) is 15.5. The standard InChI is InChI=1S/C26H25FN4O/c1-18-3-8-24-23(17-18)25(20-4-6-21(27)7-5-20)19(2)31(24)22-9-12-29(13-10-22)15-16-30-14-11-28-26(30)32/h3-10,12-13,17H,11,14-16H2,1-2H3/p+1. The number of carbonyl (C=O) groups is 1. The maximum atomic E-state index is 13.5. The van der Waals surface area contributed by atoms with Gasteiger partial charge in [0.15, 0.2) is 18.9 Å². The third-order valence-corrected chi connectivity index (χ3v) is 6.20. The maximum Gasteiger partial charge on any atom is 0.317 e. The Morgan fingerprint density at radius 1 is 1.03 bits per heavy atom. The molecule has 1 aliphatic rings. The van der Waals surface area contributed by atoms with Crippen LogP contribution in [0.4, 0.5) is 9.18 Å². The van der Waals surface area contributed by atoms with Crippen LogP contribution in [0.1, 0.15) is 11.3 Å². The van der Waals surface area contributed by atoms with E-state index in [1.807, 2.05) is 17.0 Å². The average molecular weight is 430 g/mol. The van der Waals surface area contributed by atoms with Crippen molar-refractivity contribution in [3.63, 3.8) is 0 Å². The van der Waals surface area contributed by atoms with Crippen molar-refractivity contribution in [2.75, 3.05) is 19.6 Å². The summed E-state index contributed by atoms with van der Waals surface area (Å²) < 4.78 is 17.9. The first-order valence-corrected chi connectivity index (χ1v) is 10.9. The highest BCUT2D eigenvalue weighted by Gasteiger charge is 2.21. The van der Waals surface area contributed by atoms with Gasteiger partial charge in [0.1, 0.15) is 5.82 Å². The molecule has 2 amide bonds. The number of aromatic nitrogens is 2. The lowest BCUT2D eigenvalue weighted by Gasteiger charge is -2.12. The summed E-state index contributed by atoms with van der Waals surface area (Å²) in [5.74, 6) is -0.231. The molecule has 0 bridgehead atoms. The third kappa shape index (κ3) is 3.62. The predicted octanol–water partition coefficient (Wildman–Crippen LogP) is 4.37. The number of halogens is 1. The minimum absolute atomic E-state index is 0.0141. The second kappa shape index (κ2) is 8.11. The van der Waals surface area contributed by atoms with E-state index in [0.29, 0.717) is 6.54 Å². The van der Waals surface area contributed by atoms with Gasteiger partial charge >= 0.3 is 6.03 Å². The Balaban J connectivity index is 1.52. The van der Waals surface area contributed by atoms with Gasteiger partial charge in [-0.25, -0.2) is 13.8 Å². The van der Waals surface area contributed by atoms with Gasteiger partial charge in [-0.2, -0.15) is 0 Å². The fraction of sp³-hybridized carbons (Fsp3) is 0.231. The Kier molecular flexibility index (Phi) is 5.13. The summed E-state index contributed by atoms with van der Waals surface area (Å²) in [4.78, 5) is 13.6.